The summed E-state index contributed by atoms with van der Waals surface area (Å²) < 4.78 is 2.12. The van der Waals surface area contributed by atoms with E-state index in [4.69, 9.17) is 0 Å². The third-order valence-corrected chi connectivity index (χ3v) is 3.68. The molecule has 0 aromatic carbocycles. The summed E-state index contributed by atoms with van der Waals surface area (Å²) in [7, 11) is 0. The number of hydrogen-bond donors (Lipinski definition) is 2. The van der Waals surface area contributed by atoms with Gasteiger partial charge in [0.1, 0.15) is 0 Å². The Morgan fingerprint density at radius 1 is 1.41 bits per heavy atom. The second-order valence-electron chi connectivity index (χ2n) is 5.06. The fourth-order valence-corrected chi connectivity index (χ4v) is 2.59. The fourth-order valence-electron chi connectivity index (χ4n) is 2.59. The minimum atomic E-state index is -0.477. The molecule has 1 aliphatic carbocycles. The Morgan fingerprint density at radius 3 is 2.88 bits per heavy atom. The van der Waals surface area contributed by atoms with Crippen molar-refractivity contribution in [2.75, 3.05) is 6.54 Å². The topological polar surface area (TPSA) is 50.1 Å². The first-order valence-corrected chi connectivity index (χ1v) is 6.66. The number of aryl methyl sites for hydroxylation is 1. The summed E-state index contributed by atoms with van der Waals surface area (Å²) in [6.45, 7) is 4.54. The summed E-state index contributed by atoms with van der Waals surface area (Å²) in [6, 6.07) is 0. The molecule has 0 bridgehead atoms. The molecular formula is C13H23N3O. The van der Waals surface area contributed by atoms with Crippen LogP contribution in [0, 0.1) is 0 Å². The highest BCUT2D eigenvalue weighted by Crippen LogP contribution is 2.27. The van der Waals surface area contributed by atoms with E-state index in [0.717, 1.165) is 38.8 Å². The number of aliphatic hydroxyl groups is 1. The Morgan fingerprint density at radius 2 is 2.18 bits per heavy atom. The minimum Gasteiger partial charge on any atom is -0.389 e. The van der Waals surface area contributed by atoms with Crippen molar-refractivity contribution in [2.24, 2.45) is 0 Å². The second-order valence-corrected chi connectivity index (χ2v) is 5.06. The van der Waals surface area contributed by atoms with Crippen LogP contribution in [0.3, 0.4) is 0 Å². The van der Waals surface area contributed by atoms with Crippen molar-refractivity contribution in [1.29, 1.82) is 0 Å². The molecule has 0 unspecified atom stereocenters. The molecule has 1 fully saturated rings. The number of aromatic nitrogens is 2. The second kappa shape index (κ2) is 5.65. The Balaban J connectivity index is 1.79. The summed E-state index contributed by atoms with van der Waals surface area (Å²) in [6.07, 6.45) is 9.20. The number of nitrogens with one attached hydrogen (secondary N) is 1. The normalized spacial score (nSPS) is 19.4. The minimum absolute atomic E-state index is 0.477. The molecule has 1 aromatic heterocycles. The van der Waals surface area contributed by atoms with Gasteiger partial charge in [0.05, 0.1) is 17.6 Å². The van der Waals surface area contributed by atoms with Crippen molar-refractivity contribution in [3.05, 3.63) is 18.2 Å². The molecule has 2 rings (SSSR count). The molecule has 0 spiro atoms. The van der Waals surface area contributed by atoms with Gasteiger partial charge in [-0.1, -0.05) is 19.3 Å². The highest BCUT2D eigenvalue weighted by atomic mass is 16.3. The third-order valence-electron chi connectivity index (χ3n) is 3.68. The van der Waals surface area contributed by atoms with E-state index < -0.39 is 5.60 Å². The lowest BCUT2D eigenvalue weighted by molar-refractivity contribution is 0.00457. The van der Waals surface area contributed by atoms with Crippen LogP contribution in [0.5, 0.6) is 0 Å². The summed E-state index contributed by atoms with van der Waals surface area (Å²) in [5, 5.41) is 13.7. The lowest BCUT2D eigenvalue weighted by Crippen LogP contribution is -2.42. The maximum Gasteiger partial charge on any atom is 0.0948 e. The monoisotopic (exact) mass is 237 g/mol. The molecule has 0 atom stereocenters. The predicted molar refractivity (Wildman–Crippen MR) is 67.6 cm³/mol. The summed E-state index contributed by atoms with van der Waals surface area (Å²) in [5.74, 6) is 0. The molecule has 0 saturated heterocycles. The van der Waals surface area contributed by atoms with Gasteiger partial charge in [-0.15, -0.1) is 0 Å². The van der Waals surface area contributed by atoms with Crippen LogP contribution in [0.1, 0.15) is 44.7 Å². The highest BCUT2D eigenvalue weighted by Gasteiger charge is 2.28. The van der Waals surface area contributed by atoms with Crippen LogP contribution in [0.25, 0.3) is 0 Å². The number of rotatable bonds is 5. The molecule has 1 heterocycles. The molecule has 96 valence electrons. The SMILES string of the molecule is CCn1cncc1CNCC1(O)CCCCC1. The van der Waals surface area contributed by atoms with Crippen molar-refractivity contribution in [3.8, 4) is 0 Å². The molecule has 4 nitrogen and oxygen atoms in total. The Hall–Kier alpha value is -0.870. The average Bonchev–Trinajstić information content (AvgIpc) is 2.77. The number of imidazole rings is 1. The smallest absolute Gasteiger partial charge is 0.0948 e. The van der Waals surface area contributed by atoms with Crippen LogP contribution in [0.15, 0.2) is 12.5 Å². The zero-order chi connectivity index (χ0) is 12.1. The van der Waals surface area contributed by atoms with Crippen LogP contribution >= 0.6 is 0 Å². The van der Waals surface area contributed by atoms with Gasteiger partial charge in [0.25, 0.3) is 0 Å². The highest BCUT2D eigenvalue weighted by molar-refractivity contribution is 4.98. The van der Waals surface area contributed by atoms with Crippen molar-refractivity contribution in [3.63, 3.8) is 0 Å². The molecular weight excluding hydrogens is 214 g/mol. The number of nitrogens with zero attached hydrogens (tertiary/aromatic N) is 2. The molecule has 1 saturated carbocycles. The first-order chi connectivity index (χ1) is 8.23. The van der Waals surface area contributed by atoms with Crippen molar-refractivity contribution >= 4 is 0 Å². The van der Waals surface area contributed by atoms with Gasteiger partial charge in [-0.25, -0.2) is 4.98 Å². The van der Waals surface area contributed by atoms with E-state index in [-0.39, 0.29) is 0 Å². The van der Waals surface area contributed by atoms with Gasteiger partial charge in [-0.05, 0) is 19.8 Å². The van der Waals surface area contributed by atoms with E-state index >= 15 is 0 Å². The van der Waals surface area contributed by atoms with Gasteiger partial charge in [0.15, 0.2) is 0 Å². The maximum atomic E-state index is 10.3. The lowest BCUT2D eigenvalue weighted by Gasteiger charge is -2.32. The molecule has 17 heavy (non-hydrogen) atoms. The molecule has 0 aliphatic heterocycles. The van der Waals surface area contributed by atoms with E-state index in [9.17, 15) is 5.11 Å². The van der Waals surface area contributed by atoms with Gasteiger partial charge in [-0.2, -0.15) is 0 Å². The lowest BCUT2D eigenvalue weighted by atomic mass is 9.85. The largest absolute Gasteiger partial charge is 0.389 e. The Bertz CT molecular complexity index is 342. The van der Waals surface area contributed by atoms with Crippen LogP contribution in [-0.2, 0) is 13.1 Å². The van der Waals surface area contributed by atoms with Crippen LogP contribution < -0.4 is 5.32 Å². The van der Waals surface area contributed by atoms with Gasteiger partial charge in [0, 0.05) is 25.8 Å². The van der Waals surface area contributed by atoms with Crippen LogP contribution in [-0.4, -0.2) is 26.8 Å². The maximum absolute atomic E-state index is 10.3. The van der Waals surface area contributed by atoms with Crippen molar-refractivity contribution in [1.82, 2.24) is 14.9 Å². The van der Waals surface area contributed by atoms with E-state index in [2.05, 4.69) is 21.8 Å². The Kier molecular flexibility index (Phi) is 4.18. The molecule has 2 N–H and O–H groups in total. The predicted octanol–water partition coefficient (Wildman–Crippen LogP) is 1.69. The van der Waals surface area contributed by atoms with Crippen LogP contribution in [0.4, 0.5) is 0 Å². The quantitative estimate of drug-likeness (QED) is 0.819. The van der Waals surface area contributed by atoms with E-state index in [0.29, 0.717) is 6.54 Å². The zero-order valence-corrected chi connectivity index (χ0v) is 10.7. The summed E-state index contributed by atoms with van der Waals surface area (Å²) in [5.41, 5.74) is 0.710. The average molecular weight is 237 g/mol. The van der Waals surface area contributed by atoms with Crippen molar-refractivity contribution < 1.29 is 5.11 Å². The first-order valence-electron chi connectivity index (χ1n) is 6.66. The third kappa shape index (κ3) is 3.30. The summed E-state index contributed by atoms with van der Waals surface area (Å²) in [4.78, 5) is 4.14. The zero-order valence-electron chi connectivity index (χ0n) is 10.7. The van der Waals surface area contributed by atoms with Gasteiger partial charge in [0.2, 0.25) is 0 Å². The molecule has 0 amide bonds. The number of hydrogen-bond acceptors (Lipinski definition) is 3. The molecule has 0 radical (unpaired) electrons. The van der Waals surface area contributed by atoms with E-state index in [1.54, 1.807) is 0 Å². The van der Waals surface area contributed by atoms with E-state index in [1.807, 2.05) is 12.5 Å². The summed E-state index contributed by atoms with van der Waals surface area (Å²) >= 11 is 0. The van der Waals surface area contributed by atoms with Gasteiger partial charge in [-0.3, -0.25) is 0 Å². The van der Waals surface area contributed by atoms with Crippen LogP contribution in [0.2, 0.25) is 0 Å². The molecule has 1 aromatic rings. The molecule has 1 aliphatic rings. The van der Waals surface area contributed by atoms with E-state index in [1.165, 1.54) is 12.1 Å². The first kappa shape index (κ1) is 12.6. The van der Waals surface area contributed by atoms with Crippen molar-refractivity contribution in [2.45, 2.75) is 57.7 Å². The standard InChI is InChI=1S/C13H23N3O/c1-2-16-11-15-9-12(16)8-14-10-13(17)6-4-3-5-7-13/h9,11,14,17H,2-8,10H2,1H3. The van der Waals surface area contributed by atoms with Gasteiger partial charge >= 0.3 is 0 Å². The van der Waals surface area contributed by atoms with Gasteiger partial charge < -0.3 is 15.0 Å². The molecule has 4 heteroatoms. The Labute approximate surface area is 103 Å². The fraction of sp³-hybridized carbons (Fsp3) is 0.769.